The zero-order valence-electron chi connectivity index (χ0n) is 13.0. The third-order valence-corrected chi connectivity index (χ3v) is 3.50. The Labute approximate surface area is 136 Å². The molecule has 0 unspecified atom stereocenters. The van der Waals surface area contributed by atoms with Crippen molar-refractivity contribution in [2.24, 2.45) is 0 Å². The van der Waals surface area contributed by atoms with E-state index in [4.69, 9.17) is 5.73 Å². The lowest BCUT2D eigenvalue weighted by Crippen LogP contribution is -2.19. The van der Waals surface area contributed by atoms with Gasteiger partial charge in [-0.2, -0.15) is 10.1 Å². The molecular formula is C15H16FN7O. The molecule has 0 bridgehead atoms. The summed E-state index contributed by atoms with van der Waals surface area (Å²) >= 11 is 0. The van der Waals surface area contributed by atoms with Crippen LogP contribution in [-0.2, 0) is 11.3 Å². The number of anilines is 3. The number of nitrogens with one attached hydrogen (secondary N) is 2. The SMILES string of the molecule is CNC(=O)CCn1ncc2cc(Nc3ncc(F)c(N)n3)ccc21. The maximum absolute atomic E-state index is 13.1. The number of nitrogen functional groups attached to an aromatic ring is 1. The molecule has 0 saturated carbocycles. The van der Waals surface area contributed by atoms with E-state index in [9.17, 15) is 9.18 Å². The fourth-order valence-corrected chi connectivity index (χ4v) is 2.25. The number of hydrogen-bond acceptors (Lipinski definition) is 6. The van der Waals surface area contributed by atoms with Crippen LogP contribution < -0.4 is 16.4 Å². The van der Waals surface area contributed by atoms with Gasteiger partial charge >= 0.3 is 0 Å². The number of benzene rings is 1. The maximum Gasteiger partial charge on any atom is 0.229 e. The van der Waals surface area contributed by atoms with E-state index in [1.165, 1.54) is 0 Å². The summed E-state index contributed by atoms with van der Waals surface area (Å²) in [6.07, 6.45) is 3.08. The lowest BCUT2D eigenvalue weighted by molar-refractivity contribution is -0.120. The van der Waals surface area contributed by atoms with Crippen LogP contribution in [-0.4, -0.2) is 32.7 Å². The molecule has 2 aromatic heterocycles. The van der Waals surface area contributed by atoms with E-state index in [1.807, 2.05) is 18.2 Å². The van der Waals surface area contributed by atoms with Crippen molar-refractivity contribution < 1.29 is 9.18 Å². The van der Waals surface area contributed by atoms with Crippen molar-refractivity contribution in [1.29, 1.82) is 0 Å². The average Bonchev–Trinajstić information content (AvgIpc) is 2.98. The van der Waals surface area contributed by atoms with E-state index in [2.05, 4.69) is 25.7 Å². The molecule has 3 aromatic rings. The largest absolute Gasteiger partial charge is 0.381 e. The number of nitrogens with two attached hydrogens (primary N) is 1. The second-order valence-corrected chi connectivity index (χ2v) is 5.12. The Kier molecular flexibility index (Phi) is 4.23. The number of amides is 1. The highest BCUT2D eigenvalue weighted by molar-refractivity contribution is 5.83. The summed E-state index contributed by atoms with van der Waals surface area (Å²) in [5.74, 6) is -0.702. The second kappa shape index (κ2) is 6.49. The third-order valence-electron chi connectivity index (χ3n) is 3.50. The fourth-order valence-electron chi connectivity index (χ4n) is 2.25. The van der Waals surface area contributed by atoms with Crippen LogP contribution in [0.3, 0.4) is 0 Å². The molecular weight excluding hydrogens is 313 g/mol. The summed E-state index contributed by atoms with van der Waals surface area (Å²) in [5.41, 5.74) is 7.05. The third kappa shape index (κ3) is 3.24. The first kappa shape index (κ1) is 15.7. The van der Waals surface area contributed by atoms with Crippen molar-refractivity contribution in [3.8, 4) is 0 Å². The summed E-state index contributed by atoms with van der Waals surface area (Å²) in [6, 6.07) is 5.56. The minimum Gasteiger partial charge on any atom is -0.381 e. The summed E-state index contributed by atoms with van der Waals surface area (Å²) < 4.78 is 14.9. The van der Waals surface area contributed by atoms with E-state index >= 15 is 0 Å². The number of nitrogens with zero attached hydrogens (tertiary/aromatic N) is 4. The summed E-state index contributed by atoms with van der Waals surface area (Å²) in [4.78, 5) is 19.0. The van der Waals surface area contributed by atoms with Gasteiger partial charge in [-0.3, -0.25) is 9.48 Å². The number of rotatable bonds is 5. The van der Waals surface area contributed by atoms with Gasteiger partial charge < -0.3 is 16.4 Å². The molecule has 0 atom stereocenters. The molecule has 9 heteroatoms. The van der Waals surface area contributed by atoms with E-state index in [0.717, 1.165) is 22.8 Å². The minimum atomic E-state index is -0.659. The number of carbonyl (C=O) groups is 1. The Morgan fingerprint density at radius 3 is 2.96 bits per heavy atom. The van der Waals surface area contributed by atoms with Crippen molar-refractivity contribution in [3.05, 3.63) is 36.4 Å². The molecule has 1 aromatic carbocycles. The standard InChI is InChI=1S/C15H16FN7O/c1-18-13(24)4-5-23-12-3-2-10(6-9(12)7-20-23)21-15-19-8-11(16)14(17)22-15/h2-3,6-8H,4-5H2,1H3,(H,18,24)(H3,17,19,21,22). The molecule has 0 aliphatic heterocycles. The molecule has 0 saturated heterocycles. The van der Waals surface area contributed by atoms with E-state index in [-0.39, 0.29) is 17.7 Å². The van der Waals surface area contributed by atoms with Gasteiger partial charge in [0.15, 0.2) is 11.6 Å². The summed E-state index contributed by atoms with van der Waals surface area (Å²) in [7, 11) is 1.60. The monoisotopic (exact) mass is 329 g/mol. The van der Waals surface area contributed by atoms with E-state index < -0.39 is 5.82 Å². The molecule has 3 rings (SSSR count). The highest BCUT2D eigenvalue weighted by Crippen LogP contribution is 2.21. The van der Waals surface area contributed by atoms with Crippen LogP contribution in [0.15, 0.2) is 30.6 Å². The van der Waals surface area contributed by atoms with E-state index in [0.29, 0.717) is 13.0 Å². The molecule has 1 amide bonds. The van der Waals surface area contributed by atoms with Gasteiger partial charge in [0.2, 0.25) is 11.9 Å². The van der Waals surface area contributed by atoms with Gasteiger partial charge in [0.05, 0.1) is 24.5 Å². The minimum absolute atomic E-state index is 0.0389. The van der Waals surface area contributed by atoms with Gasteiger partial charge in [0.25, 0.3) is 0 Å². The van der Waals surface area contributed by atoms with Crippen LogP contribution in [0, 0.1) is 5.82 Å². The number of fused-ring (bicyclic) bond motifs is 1. The number of hydrogen-bond donors (Lipinski definition) is 3. The first-order valence-electron chi connectivity index (χ1n) is 7.28. The zero-order chi connectivity index (χ0) is 17.1. The van der Waals surface area contributed by atoms with Gasteiger partial charge in [-0.15, -0.1) is 0 Å². The quantitative estimate of drug-likeness (QED) is 0.653. The van der Waals surface area contributed by atoms with Gasteiger partial charge in [-0.05, 0) is 18.2 Å². The van der Waals surface area contributed by atoms with Crippen LogP contribution in [0.4, 0.5) is 21.8 Å². The Bertz CT molecular complexity index is 893. The number of aromatic nitrogens is 4. The zero-order valence-corrected chi connectivity index (χ0v) is 13.0. The molecule has 0 fully saturated rings. The molecule has 0 aliphatic rings. The van der Waals surface area contributed by atoms with Crippen molar-refractivity contribution in [2.75, 3.05) is 18.1 Å². The number of carbonyl (C=O) groups excluding carboxylic acids is 1. The molecule has 8 nitrogen and oxygen atoms in total. The average molecular weight is 329 g/mol. The molecule has 0 radical (unpaired) electrons. The van der Waals surface area contributed by atoms with Crippen molar-refractivity contribution in [3.63, 3.8) is 0 Å². The summed E-state index contributed by atoms with van der Waals surface area (Å²) in [6.45, 7) is 0.494. The Balaban J connectivity index is 1.79. The topological polar surface area (TPSA) is 111 Å². The predicted molar refractivity (Wildman–Crippen MR) is 88.1 cm³/mol. The van der Waals surface area contributed by atoms with Gasteiger partial charge in [-0.1, -0.05) is 0 Å². The first-order chi connectivity index (χ1) is 11.6. The highest BCUT2D eigenvalue weighted by Gasteiger charge is 2.07. The van der Waals surface area contributed by atoms with Crippen LogP contribution in [0.1, 0.15) is 6.42 Å². The molecule has 4 N–H and O–H groups in total. The molecule has 124 valence electrons. The van der Waals surface area contributed by atoms with Crippen LogP contribution in [0.5, 0.6) is 0 Å². The van der Waals surface area contributed by atoms with Crippen LogP contribution in [0.2, 0.25) is 0 Å². The normalized spacial score (nSPS) is 10.8. The molecule has 0 aliphatic carbocycles. The lowest BCUT2D eigenvalue weighted by Gasteiger charge is -2.07. The van der Waals surface area contributed by atoms with Gasteiger partial charge in [0, 0.05) is 24.5 Å². The second-order valence-electron chi connectivity index (χ2n) is 5.12. The highest BCUT2D eigenvalue weighted by atomic mass is 19.1. The van der Waals surface area contributed by atoms with Gasteiger partial charge in [0.1, 0.15) is 0 Å². The fraction of sp³-hybridized carbons (Fsp3) is 0.200. The maximum atomic E-state index is 13.1. The lowest BCUT2D eigenvalue weighted by atomic mass is 10.2. The molecule has 0 spiro atoms. The number of halogens is 1. The van der Waals surface area contributed by atoms with Crippen LogP contribution >= 0.6 is 0 Å². The first-order valence-corrected chi connectivity index (χ1v) is 7.28. The molecule has 2 heterocycles. The Morgan fingerprint density at radius 2 is 2.21 bits per heavy atom. The summed E-state index contributed by atoms with van der Waals surface area (Å²) in [5, 5.41) is 10.7. The smallest absolute Gasteiger partial charge is 0.229 e. The Hall–Kier alpha value is -3.23. The van der Waals surface area contributed by atoms with Crippen LogP contribution in [0.25, 0.3) is 10.9 Å². The van der Waals surface area contributed by atoms with E-state index in [1.54, 1.807) is 17.9 Å². The van der Waals surface area contributed by atoms with Gasteiger partial charge in [-0.25, -0.2) is 9.37 Å². The molecule has 24 heavy (non-hydrogen) atoms. The predicted octanol–water partition coefficient (Wildman–Crippen LogP) is 1.43. The number of aryl methyl sites for hydroxylation is 1. The van der Waals surface area contributed by atoms with Crippen molar-refractivity contribution >= 4 is 34.3 Å². The van der Waals surface area contributed by atoms with Crippen molar-refractivity contribution in [2.45, 2.75) is 13.0 Å². The van der Waals surface area contributed by atoms with Crippen molar-refractivity contribution in [1.82, 2.24) is 25.1 Å². The Morgan fingerprint density at radius 1 is 1.38 bits per heavy atom.